The number of esters is 4. The first kappa shape index (κ1) is 31.1. The van der Waals surface area contributed by atoms with Crippen molar-refractivity contribution in [3.63, 3.8) is 0 Å². The van der Waals surface area contributed by atoms with Gasteiger partial charge in [-0.05, 0) is 39.0 Å². The number of allylic oxidation sites excluding steroid dienone is 1. The number of hydrogen-bond acceptors (Lipinski definition) is 10. The molecule has 0 spiro atoms. The predicted molar refractivity (Wildman–Crippen MR) is 138 cm³/mol. The van der Waals surface area contributed by atoms with Crippen LogP contribution in [0.2, 0.25) is 0 Å². The molecule has 0 unspecified atom stereocenters. The second kappa shape index (κ2) is 13.6. The van der Waals surface area contributed by atoms with Crippen molar-refractivity contribution in [3.05, 3.63) is 59.4 Å². The van der Waals surface area contributed by atoms with Gasteiger partial charge in [-0.25, -0.2) is 14.4 Å². The number of ether oxygens (including phenoxy) is 5. The number of carbonyl (C=O) groups excluding carboxylic acids is 5. The third-order valence-corrected chi connectivity index (χ3v) is 6.03. The molecule has 1 aromatic carbocycles. The lowest BCUT2D eigenvalue weighted by molar-refractivity contribution is -0.157. The third kappa shape index (κ3) is 7.92. The zero-order valence-electron chi connectivity index (χ0n) is 23.2. The Morgan fingerprint density at radius 1 is 0.897 bits per heavy atom. The predicted octanol–water partition coefficient (Wildman–Crippen LogP) is 2.45. The van der Waals surface area contributed by atoms with Crippen LogP contribution in [0, 0.1) is 11.8 Å². The molecule has 1 aliphatic heterocycles. The molecule has 0 aliphatic carbocycles. The van der Waals surface area contributed by atoms with Crippen LogP contribution in [0.3, 0.4) is 0 Å². The minimum absolute atomic E-state index is 0.119. The van der Waals surface area contributed by atoms with E-state index in [9.17, 15) is 24.0 Å². The number of rotatable bonds is 9. The Hall–Kier alpha value is -4.15. The van der Waals surface area contributed by atoms with Crippen LogP contribution in [0.4, 0.5) is 0 Å². The van der Waals surface area contributed by atoms with Gasteiger partial charge in [-0.1, -0.05) is 18.2 Å². The molecule has 1 aliphatic rings. The van der Waals surface area contributed by atoms with Gasteiger partial charge < -0.3 is 28.6 Å². The SMILES string of the molecule is COC(=O)/C=C\C(=C(/OC)C(=O)OC)[C@H]1CN(C(=O)c2ccccc2)[C@H](C(=O)OC)[C@H]1CC(=O)OC(C)(C)C. The molecule has 11 nitrogen and oxygen atoms in total. The first-order valence-corrected chi connectivity index (χ1v) is 12.2. The van der Waals surface area contributed by atoms with Crippen LogP contribution in [-0.2, 0) is 42.9 Å². The number of hydrogen-bond donors (Lipinski definition) is 0. The molecule has 1 fully saturated rings. The summed E-state index contributed by atoms with van der Waals surface area (Å²) in [6.45, 7) is 4.98. The van der Waals surface area contributed by atoms with Crippen molar-refractivity contribution in [2.24, 2.45) is 11.8 Å². The lowest BCUT2D eigenvalue weighted by atomic mass is 9.81. The van der Waals surface area contributed by atoms with Crippen molar-refractivity contribution in [1.82, 2.24) is 4.90 Å². The lowest BCUT2D eigenvalue weighted by Crippen LogP contribution is -2.44. The molecule has 1 saturated heterocycles. The normalized spacial score (nSPS) is 19.7. The second-order valence-electron chi connectivity index (χ2n) is 9.69. The van der Waals surface area contributed by atoms with Crippen LogP contribution >= 0.6 is 0 Å². The molecule has 3 atom stereocenters. The third-order valence-electron chi connectivity index (χ3n) is 6.03. The lowest BCUT2D eigenvalue weighted by Gasteiger charge is -2.27. The highest BCUT2D eigenvalue weighted by atomic mass is 16.6. The maximum atomic E-state index is 13.6. The van der Waals surface area contributed by atoms with E-state index in [0.29, 0.717) is 5.56 Å². The van der Waals surface area contributed by atoms with E-state index in [1.54, 1.807) is 51.1 Å². The maximum Gasteiger partial charge on any atom is 0.373 e. The Morgan fingerprint density at radius 2 is 1.54 bits per heavy atom. The van der Waals surface area contributed by atoms with Crippen LogP contribution < -0.4 is 0 Å². The zero-order chi connectivity index (χ0) is 29.3. The minimum atomic E-state index is -1.22. The molecule has 2 rings (SSSR count). The van der Waals surface area contributed by atoms with Crippen LogP contribution in [-0.4, -0.2) is 81.3 Å². The van der Waals surface area contributed by atoms with E-state index >= 15 is 0 Å². The monoisotopic (exact) mass is 545 g/mol. The summed E-state index contributed by atoms with van der Waals surface area (Å²) in [6.07, 6.45) is 2.05. The van der Waals surface area contributed by atoms with Gasteiger partial charge in [-0.2, -0.15) is 0 Å². The number of methoxy groups -OCH3 is 4. The van der Waals surface area contributed by atoms with Crippen molar-refractivity contribution in [2.75, 3.05) is 35.0 Å². The number of amides is 1. The van der Waals surface area contributed by atoms with Gasteiger partial charge in [0.15, 0.2) is 0 Å². The summed E-state index contributed by atoms with van der Waals surface area (Å²) in [4.78, 5) is 65.7. The van der Waals surface area contributed by atoms with E-state index in [2.05, 4.69) is 4.74 Å². The molecule has 39 heavy (non-hydrogen) atoms. The zero-order valence-corrected chi connectivity index (χ0v) is 23.2. The smallest absolute Gasteiger partial charge is 0.373 e. The highest BCUT2D eigenvalue weighted by molar-refractivity contribution is 5.98. The molecular weight excluding hydrogens is 510 g/mol. The summed E-state index contributed by atoms with van der Waals surface area (Å²) in [7, 11) is 4.75. The van der Waals surface area contributed by atoms with Crippen molar-refractivity contribution in [3.8, 4) is 0 Å². The van der Waals surface area contributed by atoms with Gasteiger partial charge in [0.05, 0.1) is 34.9 Å². The fraction of sp³-hybridized carbons (Fsp3) is 0.464. The standard InChI is InChI=1S/C28H35NO10/c1-28(2,3)39-22(31)15-19-20(18(13-14-21(30)35-4)24(36-5)27(34)38-7)16-29(23(19)26(33)37-6)25(32)17-11-9-8-10-12-17/h8-14,19-20,23H,15-16H2,1-7H3/b14-13-,24-18+/t19-,20+,23-/m0/s1. The van der Waals surface area contributed by atoms with Crippen LogP contribution in [0.25, 0.3) is 0 Å². The topological polar surface area (TPSA) is 135 Å². The Morgan fingerprint density at radius 3 is 2.05 bits per heavy atom. The van der Waals surface area contributed by atoms with Gasteiger partial charge in [0.1, 0.15) is 11.6 Å². The Kier molecular flexibility index (Phi) is 10.8. The van der Waals surface area contributed by atoms with E-state index in [1.165, 1.54) is 32.3 Å². The van der Waals surface area contributed by atoms with Gasteiger partial charge in [0.25, 0.3) is 5.91 Å². The average molecular weight is 546 g/mol. The molecule has 1 heterocycles. The van der Waals surface area contributed by atoms with Crippen LogP contribution in [0.5, 0.6) is 0 Å². The summed E-state index contributed by atoms with van der Waals surface area (Å²) in [5.74, 6) is -5.52. The molecule has 0 radical (unpaired) electrons. The average Bonchev–Trinajstić information content (AvgIpc) is 3.27. The van der Waals surface area contributed by atoms with Gasteiger partial charge >= 0.3 is 23.9 Å². The molecule has 0 saturated carbocycles. The van der Waals surface area contributed by atoms with Crippen molar-refractivity contribution < 1.29 is 47.7 Å². The first-order valence-electron chi connectivity index (χ1n) is 12.2. The molecular formula is C28H35NO10. The fourth-order valence-corrected chi connectivity index (χ4v) is 4.45. The number of nitrogens with zero attached hydrogens (tertiary/aromatic N) is 1. The van der Waals surface area contributed by atoms with Gasteiger partial charge in [-0.3, -0.25) is 9.59 Å². The number of carbonyl (C=O) groups is 5. The Balaban J connectivity index is 2.76. The fourth-order valence-electron chi connectivity index (χ4n) is 4.45. The van der Waals surface area contributed by atoms with Gasteiger partial charge in [0.2, 0.25) is 5.76 Å². The van der Waals surface area contributed by atoms with E-state index in [1.807, 2.05) is 0 Å². The number of likely N-dealkylation sites (tertiary alicyclic amines) is 1. The summed E-state index contributed by atoms with van der Waals surface area (Å²) in [6, 6.07) is 7.06. The quantitative estimate of drug-likeness (QED) is 0.150. The van der Waals surface area contributed by atoms with E-state index in [0.717, 1.165) is 13.2 Å². The maximum absolute atomic E-state index is 13.6. The van der Waals surface area contributed by atoms with Crippen molar-refractivity contribution >= 4 is 29.8 Å². The number of benzene rings is 1. The highest BCUT2D eigenvalue weighted by Crippen LogP contribution is 2.41. The van der Waals surface area contributed by atoms with Crippen molar-refractivity contribution in [1.29, 1.82) is 0 Å². The van der Waals surface area contributed by atoms with Crippen molar-refractivity contribution in [2.45, 2.75) is 38.8 Å². The summed E-state index contributed by atoms with van der Waals surface area (Å²) >= 11 is 0. The molecule has 11 heteroatoms. The molecule has 0 N–H and O–H groups in total. The highest BCUT2D eigenvalue weighted by Gasteiger charge is 2.51. The first-order chi connectivity index (χ1) is 18.4. The molecule has 0 bridgehead atoms. The summed E-state index contributed by atoms with van der Waals surface area (Å²) in [5.41, 5.74) is -0.391. The Labute approximate surface area is 227 Å². The summed E-state index contributed by atoms with van der Waals surface area (Å²) in [5, 5.41) is 0. The van der Waals surface area contributed by atoms with Gasteiger partial charge in [-0.15, -0.1) is 0 Å². The van der Waals surface area contributed by atoms with Gasteiger partial charge in [0, 0.05) is 35.6 Å². The Bertz CT molecular complexity index is 1130. The van der Waals surface area contributed by atoms with Crippen LogP contribution in [0.15, 0.2) is 53.8 Å². The largest absolute Gasteiger partial charge is 0.490 e. The van der Waals surface area contributed by atoms with E-state index < -0.39 is 53.3 Å². The second-order valence-corrected chi connectivity index (χ2v) is 9.69. The molecule has 1 amide bonds. The van der Waals surface area contributed by atoms with Crippen LogP contribution in [0.1, 0.15) is 37.6 Å². The summed E-state index contributed by atoms with van der Waals surface area (Å²) < 4.78 is 25.5. The molecule has 0 aromatic heterocycles. The molecule has 1 aromatic rings. The molecule has 212 valence electrons. The van der Waals surface area contributed by atoms with E-state index in [4.69, 9.17) is 18.9 Å². The minimum Gasteiger partial charge on any atom is -0.490 e. The van der Waals surface area contributed by atoms with E-state index in [-0.39, 0.29) is 24.3 Å².